The molecular weight excluding hydrogens is 236 g/mol. The molecule has 78 valence electrons. The van der Waals surface area contributed by atoms with E-state index >= 15 is 0 Å². The van der Waals surface area contributed by atoms with Crippen LogP contribution in [0.25, 0.3) is 0 Å². The van der Waals surface area contributed by atoms with E-state index in [0.717, 1.165) is 5.03 Å². The maximum atomic E-state index is 5.81. The highest BCUT2D eigenvalue weighted by Crippen LogP contribution is 2.24. The van der Waals surface area contributed by atoms with Gasteiger partial charge in [0.15, 0.2) is 0 Å². The standard InChI is InChI=1S/C7H7ClN6S/c1-4-9-5(8)3-6(10-4)15-7-11-12-13-14(7)2/h3H,1-2H3. The molecule has 0 N–H and O–H groups in total. The van der Waals surface area contributed by atoms with Crippen LogP contribution in [0.4, 0.5) is 0 Å². The lowest BCUT2D eigenvalue weighted by molar-refractivity contribution is 0.664. The quantitative estimate of drug-likeness (QED) is 0.735. The van der Waals surface area contributed by atoms with Crippen LogP contribution in [-0.2, 0) is 7.05 Å². The van der Waals surface area contributed by atoms with Gasteiger partial charge >= 0.3 is 0 Å². The zero-order valence-corrected chi connectivity index (χ0v) is 9.62. The van der Waals surface area contributed by atoms with E-state index < -0.39 is 0 Å². The molecule has 0 atom stereocenters. The monoisotopic (exact) mass is 242 g/mol. The van der Waals surface area contributed by atoms with Crippen molar-refractivity contribution in [2.24, 2.45) is 7.05 Å². The molecule has 0 aromatic carbocycles. The molecule has 8 heteroatoms. The summed E-state index contributed by atoms with van der Waals surface area (Å²) >= 11 is 7.15. The SMILES string of the molecule is Cc1nc(Cl)cc(Sc2nnnn2C)n1. The molecule has 0 aliphatic rings. The zero-order valence-electron chi connectivity index (χ0n) is 8.05. The summed E-state index contributed by atoms with van der Waals surface area (Å²) in [6, 6.07) is 1.67. The molecule has 0 spiro atoms. The minimum atomic E-state index is 0.417. The number of aryl methyl sites for hydroxylation is 2. The lowest BCUT2D eigenvalue weighted by Crippen LogP contribution is -1.95. The molecule has 0 fully saturated rings. The summed E-state index contributed by atoms with van der Waals surface area (Å²) in [6.45, 7) is 1.78. The van der Waals surface area contributed by atoms with E-state index in [-0.39, 0.29) is 0 Å². The van der Waals surface area contributed by atoms with Crippen LogP contribution < -0.4 is 0 Å². The van der Waals surface area contributed by atoms with E-state index in [4.69, 9.17) is 11.6 Å². The van der Waals surface area contributed by atoms with Crippen LogP contribution in [0.15, 0.2) is 16.2 Å². The van der Waals surface area contributed by atoms with Crippen molar-refractivity contribution >= 4 is 23.4 Å². The largest absolute Gasteiger partial charge is 0.226 e. The van der Waals surface area contributed by atoms with Gasteiger partial charge in [-0.25, -0.2) is 14.6 Å². The number of tetrazole rings is 1. The van der Waals surface area contributed by atoms with Gasteiger partial charge in [-0.2, -0.15) is 0 Å². The summed E-state index contributed by atoms with van der Waals surface area (Å²) < 4.78 is 1.57. The highest BCUT2D eigenvalue weighted by molar-refractivity contribution is 7.99. The second kappa shape index (κ2) is 4.11. The molecule has 0 amide bonds. The van der Waals surface area contributed by atoms with Gasteiger partial charge in [0.05, 0.1) is 0 Å². The Labute approximate surface area is 95.1 Å². The Morgan fingerprint density at radius 1 is 1.40 bits per heavy atom. The minimum absolute atomic E-state index is 0.417. The molecule has 2 rings (SSSR count). The van der Waals surface area contributed by atoms with Crippen molar-refractivity contribution in [1.82, 2.24) is 30.2 Å². The number of halogens is 1. The summed E-state index contributed by atoms with van der Waals surface area (Å²) in [5.41, 5.74) is 0. The van der Waals surface area contributed by atoms with Crippen molar-refractivity contribution in [3.63, 3.8) is 0 Å². The first kappa shape index (κ1) is 10.3. The van der Waals surface area contributed by atoms with Crippen molar-refractivity contribution in [3.05, 3.63) is 17.0 Å². The normalized spacial score (nSPS) is 10.6. The lowest BCUT2D eigenvalue weighted by atomic mass is 10.6. The first-order chi connectivity index (χ1) is 7.15. The van der Waals surface area contributed by atoms with E-state index in [9.17, 15) is 0 Å². The van der Waals surface area contributed by atoms with Crippen LogP contribution in [0.1, 0.15) is 5.82 Å². The molecular formula is C7H7ClN6S. The van der Waals surface area contributed by atoms with Gasteiger partial charge in [0.2, 0.25) is 5.16 Å². The number of nitrogens with zero attached hydrogens (tertiary/aromatic N) is 6. The van der Waals surface area contributed by atoms with E-state index in [2.05, 4.69) is 25.5 Å². The fourth-order valence-electron chi connectivity index (χ4n) is 0.959. The first-order valence-electron chi connectivity index (χ1n) is 4.06. The number of aromatic nitrogens is 6. The number of hydrogen-bond donors (Lipinski definition) is 0. The second-order valence-electron chi connectivity index (χ2n) is 2.76. The van der Waals surface area contributed by atoms with E-state index in [1.54, 1.807) is 24.7 Å². The molecule has 2 aromatic rings. The van der Waals surface area contributed by atoms with E-state index in [1.165, 1.54) is 11.8 Å². The summed E-state index contributed by atoms with van der Waals surface area (Å²) in [7, 11) is 1.76. The zero-order chi connectivity index (χ0) is 10.8. The van der Waals surface area contributed by atoms with Gasteiger partial charge in [-0.3, -0.25) is 0 Å². The molecule has 0 aliphatic carbocycles. The molecule has 0 bridgehead atoms. The molecule has 0 aliphatic heterocycles. The van der Waals surface area contributed by atoms with Crippen molar-refractivity contribution in [2.45, 2.75) is 17.1 Å². The highest BCUT2D eigenvalue weighted by atomic mass is 35.5. The van der Waals surface area contributed by atoms with Crippen molar-refractivity contribution in [2.75, 3.05) is 0 Å². The molecule has 0 radical (unpaired) electrons. The molecule has 15 heavy (non-hydrogen) atoms. The van der Waals surface area contributed by atoms with Gasteiger partial charge in [-0.15, -0.1) is 5.10 Å². The fraction of sp³-hybridized carbons (Fsp3) is 0.286. The van der Waals surface area contributed by atoms with E-state index in [0.29, 0.717) is 16.1 Å². The Bertz CT molecular complexity index is 464. The predicted octanol–water partition coefficient (Wildman–Crippen LogP) is 1.11. The van der Waals surface area contributed by atoms with E-state index in [1.807, 2.05) is 0 Å². The Kier molecular flexibility index (Phi) is 2.83. The topological polar surface area (TPSA) is 69.4 Å². The maximum Gasteiger partial charge on any atom is 0.215 e. The van der Waals surface area contributed by atoms with Crippen LogP contribution in [0.2, 0.25) is 5.15 Å². The molecule has 2 heterocycles. The average Bonchev–Trinajstić information content (AvgIpc) is 2.50. The molecule has 0 saturated carbocycles. The highest BCUT2D eigenvalue weighted by Gasteiger charge is 2.07. The minimum Gasteiger partial charge on any atom is -0.226 e. The third-order valence-electron chi connectivity index (χ3n) is 1.56. The third-order valence-corrected chi connectivity index (χ3v) is 2.70. The maximum absolute atomic E-state index is 5.81. The summed E-state index contributed by atoms with van der Waals surface area (Å²) in [5.74, 6) is 0.625. The van der Waals surface area contributed by atoms with Crippen molar-refractivity contribution in [3.8, 4) is 0 Å². The Hall–Kier alpha value is -1.21. The van der Waals surface area contributed by atoms with Gasteiger partial charge in [0.25, 0.3) is 0 Å². The Morgan fingerprint density at radius 3 is 2.80 bits per heavy atom. The summed E-state index contributed by atoms with van der Waals surface area (Å²) in [4.78, 5) is 8.18. The lowest BCUT2D eigenvalue weighted by Gasteiger charge is -2.00. The van der Waals surface area contributed by atoms with Crippen molar-refractivity contribution < 1.29 is 0 Å². The Morgan fingerprint density at radius 2 is 2.20 bits per heavy atom. The number of hydrogen-bond acceptors (Lipinski definition) is 6. The van der Waals surface area contributed by atoms with Crippen LogP contribution in [0, 0.1) is 6.92 Å². The number of rotatable bonds is 2. The predicted molar refractivity (Wildman–Crippen MR) is 54.7 cm³/mol. The molecule has 2 aromatic heterocycles. The van der Waals surface area contributed by atoms with Gasteiger partial charge < -0.3 is 0 Å². The molecule has 6 nitrogen and oxygen atoms in total. The molecule has 0 unspecified atom stereocenters. The van der Waals surface area contributed by atoms with Gasteiger partial charge in [-0.05, 0) is 29.1 Å². The Balaban J connectivity index is 2.28. The third kappa shape index (κ3) is 2.42. The second-order valence-corrected chi connectivity index (χ2v) is 4.14. The van der Waals surface area contributed by atoms with Crippen LogP contribution in [0.3, 0.4) is 0 Å². The van der Waals surface area contributed by atoms with Crippen LogP contribution >= 0.6 is 23.4 Å². The van der Waals surface area contributed by atoms with Gasteiger partial charge in [0, 0.05) is 13.1 Å². The average molecular weight is 243 g/mol. The smallest absolute Gasteiger partial charge is 0.215 e. The van der Waals surface area contributed by atoms with Crippen LogP contribution in [0.5, 0.6) is 0 Å². The first-order valence-corrected chi connectivity index (χ1v) is 5.26. The van der Waals surface area contributed by atoms with Crippen LogP contribution in [-0.4, -0.2) is 30.2 Å². The summed E-state index contributed by atoms with van der Waals surface area (Å²) in [6.07, 6.45) is 0. The fourth-order valence-corrected chi connectivity index (χ4v) is 2.03. The van der Waals surface area contributed by atoms with Crippen molar-refractivity contribution in [1.29, 1.82) is 0 Å². The van der Waals surface area contributed by atoms with Gasteiger partial charge in [0.1, 0.15) is 16.0 Å². The van der Waals surface area contributed by atoms with Gasteiger partial charge in [-0.1, -0.05) is 11.6 Å². The summed E-state index contributed by atoms with van der Waals surface area (Å²) in [5, 5.41) is 12.9. The molecule has 0 saturated heterocycles.